The first-order chi connectivity index (χ1) is 13.4. The molecule has 4 nitrogen and oxygen atoms in total. The van der Waals surface area contributed by atoms with Gasteiger partial charge in [0.05, 0.1) is 18.5 Å². The molecule has 2 aromatic rings. The van der Waals surface area contributed by atoms with Crippen molar-refractivity contribution in [1.29, 1.82) is 0 Å². The summed E-state index contributed by atoms with van der Waals surface area (Å²) in [6.45, 7) is 3.90. The highest BCUT2D eigenvalue weighted by Gasteiger charge is 2.54. The molecule has 0 saturated heterocycles. The third-order valence-corrected chi connectivity index (χ3v) is 5.54. The minimum Gasteiger partial charge on any atom is -0.467 e. The minimum atomic E-state index is -1.08. The Labute approximate surface area is 170 Å². The van der Waals surface area contributed by atoms with E-state index in [-0.39, 0.29) is 5.92 Å². The highest BCUT2D eigenvalue weighted by molar-refractivity contribution is 6.30. The SMILES string of the molecule is CCCCC1C(c2ccc(Cl)cc2F)=NN(c2ccccc2)C1(C)C(=O)OC. The third-order valence-electron chi connectivity index (χ3n) is 5.31. The second-order valence-corrected chi connectivity index (χ2v) is 7.53. The average Bonchev–Trinajstić information content (AvgIpc) is 2.99. The second-order valence-electron chi connectivity index (χ2n) is 7.09. The van der Waals surface area contributed by atoms with E-state index in [4.69, 9.17) is 21.4 Å². The van der Waals surface area contributed by atoms with Gasteiger partial charge in [0.1, 0.15) is 5.82 Å². The van der Waals surface area contributed by atoms with E-state index in [1.54, 1.807) is 17.1 Å². The molecule has 28 heavy (non-hydrogen) atoms. The normalized spacial score (nSPS) is 21.5. The lowest BCUT2D eigenvalue weighted by Gasteiger charge is -2.36. The number of hydrogen-bond acceptors (Lipinski definition) is 4. The summed E-state index contributed by atoms with van der Waals surface area (Å²) in [7, 11) is 1.37. The van der Waals surface area contributed by atoms with Crippen LogP contribution in [0.15, 0.2) is 53.6 Å². The zero-order chi connectivity index (χ0) is 20.3. The molecule has 0 aliphatic carbocycles. The summed E-state index contributed by atoms with van der Waals surface area (Å²) in [6.07, 6.45) is 2.52. The summed E-state index contributed by atoms with van der Waals surface area (Å²) in [4.78, 5) is 13.0. The van der Waals surface area contributed by atoms with Crippen molar-refractivity contribution in [3.05, 3.63) is 64.9 Å². The van der Waals surface area contributed by atoms with Crippen molar-refractivity contribution >= 4 is 29.0 Å². The van der Waals surface area contributed by atoms with E-state index in [2.05, 4.69) is 6.92 Å². The Kier molecular flexibility index (Phi) is 6.04. The number of hydrogen-bond donors (Lipinski definition) is 0. The predicted molar refractivity (Wildman–Crippen MR) is 110 cm³/mol. The Morgan fingerprint density at radius 1 is 1.29 bits per heavy atom. The number of nitrogens with zero attached hydrogens (tertiary/aromatic N) is 2. The number of ether oxygens (including phenoxy) is 1. The van der Waals surface area contributed by atoms with Gasteiger partial charge in [-0.15, -0.1) is 0 Å². The fourth-order valence-corrected chi connectivity index (χ4v) is 3.95. The Morgan fingerprint density at radius 2 is 2.00 bits per heavy atom. The van der Waals surface area contributed by atoms with Gasteiger partial charge in [-0.2, -0.15) is 5.10 Å². The molecule has 3 rings (SSSR count). The molecule has 0 bridgehead atoms. The summed E-state index contributed by atoms with van der Waals surface area (Å²) in [5, 5.41) is 6.73. The smallest absolute Gasteiger partial charge is 0.334 e. The van der Waals surface area contributed by atoms with Crippen LogP contribution in [0.4, 0.5) is 10.1 Å². The number of carbonyl (C=O) groups excluding carboxylic acids is 1. The minimum absolute atomic E-state index is 0.320. The van der Waals surface area contributed by atoms with Gasteiger partial charge in [0.25, 0.3) is 0 Å². The van der Waals surface area contributed by atoms with Gasteiger partial charge in [0.2, 0.25) is 0 Å². The van der Waals surface area contributed by atoms with Crippen LogP contribution in [0.2, 0.25) is 5.02 Å². The molecule has 1 heterocycles. The highest BCUT2D eigenvalue weighted by atomic mass is 35.5. The first kappa shape index (κ1) is 20.3. The Morgan fingerprint density at radius 3 is 2.61 bits per heavy atom. The van der Waals surface area contributed by atoms with E-state index in [0.29, 0.717) is 22.7 Å². The number of methoxy groups -OCH3 is 1. The van der Waals surface area contributed by atoms with Crippen LogP contribution >= 0.6 is 11.6 Å². The molecule has 1 aliphatic rings. The lowest BCUT2D eigenvalue weighted by Crippen LogP contribution is -2.53. The quantitative estimate of drug-likeness (QED) is 0.604. The molecule has 2 unspecified atom stereocenters. The maximum absolute atomic E-state index is 14.8. The number of unbranched alkanes of at least 4 members (excludes halogenated alkanes) is 1. The van der Waals surface area contributed by atoms with Crippen LogP contribution in [-0.2, 0) is 9.53 Å². The van der Waals surface area contributed by atoms with Crippen LogP contribution in [0.1, 0.15) is 38.7 Å². The fourth-order valence-electron chi connectivity index (χ4n) is 3.79. The van der Waals surface area contributed by atoms with Crippen LogP contribution in [0.25, 0.3) is 0 Å². The molecule has 148 valence electrons. The van der Waals surface area contributed by atoms with Crippen molar-refractivity contribution in [1.82, 2.24) is 0 Å². The van der Waals surface area contributed by atoms with E-state index in [1.807, 2.05) is 37.3 Å². The number of benzene rings is 2. The van der Waals surface area contributed by atoms with Gasteiger partial charge in [0, 0.05) is 16.5 Å². The van der Waals surface area contributed by atoms with Crippen LogP contribution in [-0.4, -0.2) is 24.3 Å². The molecule has 0 fully saturated rings. The van der Waals surface area contributed by atoms with Crippen molar-refractivity contribution in [2.75, 3.05) is 12.1 Å². The Balaban J connectivity index is 2.18. The highest BCUT2D eigenvalue weighted by Crippen LogP contribution is 2.42. The molecule has 0 spiro atoms. The zero-order valence-corrected chi connectivity index (χ0v) is 17.0. The monoisotopic (exact) mass is 402 g/mol. The summed E-state index contributed by atoms with van der Waals surface area (Å²) >= 11 is 5.93. The van der Waals surface area contributed by atoms with Crippen LogP contribution in [0.3, 0.4) is 0 Å². The van der Waals surface area contributed by atoms with Gasteiger partial charge >= 0.3 is 5.97 Å². The molecule has 2 atom stereocenters. The molecule has 0 radical (unpaired) electrons. The summed E-state index contributed by atoms with van der Waals surface area (Å²) < 4.78 is 19.9. The van der Waals surface area contributed by atoms with Gasteiger partial charge in [-0.3, -0.25) is 0 Å². The number of para-hydroxylation sites is 1. The third kappa shape index (κ3) is 3.51. The lowest BCUT2D eigenvalue weighted by molar-refractivity contribution is -0.147. The first-order valence-corrected chi connectivity index (χ1v) is 9.78. The largest absolute Gasteiger partial charge is 0.467 e. The van der Waals surface area contributed by atoms with Gasteiger partial charge in [0.15, 0.2) is 5.54 Å². The molecule has 0 aromatic heterocycles. The molecule has 6 heteroatoms. The molecule has 0 amide bonds. The van der Waals surface area contributed by atoms with Crippen molar-refractivity contribution in [3.63, 3.8) is 0 Å². The number of halogens is 2. The van der Waals surface area contributed by atoms with Crippen LogP contribution < -0.4 is 5.01 Å². The van der Waals surface area contributed by atoms with E-state index < -0.39 is 17.3 Å². The van der Waals surface area contributed by atoms with E-state index in [9.17, 15) is 9.18 Å². The Hall–Kier alpha value is -2.40. The van der Waals surface area contributed by atoms with E-state index >= 15 is 0 Å². The maximum atomic E-state index is 14.8. The molecule has 0 N–H and O–H groups in total. The molecule has 0 saturated carbocycles. The average molecular weight is 403 g/mol. The topological polar surface area (TPSA) is 41.9 Å². The van der Waals surface area contributed by atoms with Gasteiger partial charge in [-0.25, -0.2) is 14.2 Å². The van der Waals surface area contributed by atoms with E-state index in [1.165, 1.54) is 13.2 Å². The molecule has 2 aromatic carbocycles. The molecule has 1 aliphatic heterocycles. The van der Waals surface area contributed by atoms with Gasteiger partial charge in [-0.1, -0.05) is 49.6 Å². The summed E-state index contributed by atoms with van der Waals surface area (Å²) in [6, 6.07) is 14.0. The zero-order valence-electron chi connectivity index (χ0n) is 16.3. The number of hydrazone groups is 1. The fraction of sp³-hybridized carbons (Fsp3) is 0.364. The summed E-state index contributed by atoms with van der Waals surface area (Å²) in [5.41, 5.74) is 0.576. The Bertz CT molecular complexity index is 887. The van der Waals surface area contributed by atoms with Crippen molar-refractivity contribution in [2.24, 2.45) is 11.0 Å². The maximum Gasteiger partial charge on any atom is 0.334 e. The second kappa shape index (κ2) is 8.31. The van der Waals surface area contributed by atoms with Gasteiger partial charge < -0.3 is 4.74 Å². The summed E-state index contributed by atoms with van der Waals surface area (Å²) in [5.74, 6) is -1.17. The van der Waals surface area contributed by atoms with Crippen LogP contribution in [0, 0.1) is 11.7 Å². The molecular weight excluding hydrogens is 379 g/mol. The van der Waals surface area contributed by atoms with E-state index in [0.717, 1.165) is 18.5 Å². The van der Waals surface area contributed by atoms with Crippen molar-refractivity contribution < 1.29 is 13.9 Å². The van der Waals surface area contributed by atoms with Crippen molar-refractivity contribution in [3.8, 4) is 0 Å². The number of anilines is 1. The number of carbonyl (C=O) groups is 1. The standard InChI is InChI=1S/C22H24ClFN2O2/c1-4-5-11-18-20(17-13-12-15(23)14-19(17)24)25-26(16-9-7-6-8-10-16)22(18,2)21(27)28-3/h6-10,12-14,18H,4-5,11H2,1-3H3. The predicted octanol–water partition coefficient (Wildman–Crippen LogP) is 5.44. The first-order valence-electron chi connectivity index (χ1n) is 9.41. The lowest BCUT2D eigenvalue weighted by atomic mass is 9.77. The van der Waals surface area contributed by atoms with Crippen LogP contribution in [0.5, 0.6) is 0 Å². The number of rotatable bonds is 6. The molecular formula is C22H24ClFN2O2. The number of esters is 1. The van der Waals surface area contributed by atoms with Gasteiger partial charge in [-0.05, 0) is 43.7 Å². The van der Waals surface area contributed by atoms with Crippen molar-refractivity contribution in [2.45, 2.75) is 38.6 Å².